The lowest BCUT2D eigenvalue weighted by Crippen LogP contribution is -2.48. The van der Waals surface area contributed by atoms with Gasteiger partial charge in [-0.15, -0.1) is 0 Å². The molecule has 30 heavy (non-hydrogen) atoms. The van der Waals surface area contributed by atoms with Crippen LogP contribution in [0.15, 0.2) is 29.0 Å². The van der Waals surface area contributed by atoms with Gasteiger partial charge in [0.25, 0.3) is 0 Å². The van der Waals surface area contributed by atoms with Crippen molar-refractivity contribution in [1.29, 1.82) is 0 Å². The molecular weight excluding hydrogens is 404 g/mol. The molecule has 0 aromatic carbocycles. The highest BCUT2D eigenvalue weighted by molar-refractivity contribution is 6.30. The Bertz CT molecular complexity index is 1030. The molecule has 9 heteroatoms. The maximum absolute atomic E-state index is 12.6. The summed E-state index contributed by atoms with van der Waals surface area (Å²) in [4.78, 5) is 25.9. The standard InChI is InChI=1S/C21H27ClN6O2/c1-21(2,3)20-24-18(30-25-20)6-7-19(29)27-10-8-26(9-11-27)13-16-14-28-12-15(22)4-5-17(28)23-16/h4-5,12,14H,6-11,13H2,1-3H3. The lowest BCUT2D eigenvalue weighted by Gasteiger charge is -2.34. The molecule has 3 aromatic rings. The Morgan fingerprint density at radius 3 is 2.60 bits per heavy atom. The van der Waals surface area contributed by atoms with Crippen LogP contribution in [0.5, 0.6) is 0 Å². The highest BCUT2D eigenvalue weighted by atomic mass is 35.5. The minimum Gasteiger partial charge on any atom is -0.340 e. The first-order valence-corrected chi connectivity index (χ1v) is 10.6. The molecule has 4 heterocycles. The third-order valence-electron chi connectivity index (χ3n) is 5.27. The van der Waals surface area contributed by atoms with E-state index in [1.807, 2.05) is 54.6 Å². The van der Waals surface area contributed by atoms with Crippen LogP contribution in [-0.2, 0) is 23.2 Å². The van der Waals surface area contributed by atoms with Crippen molar-refractivity contribution < 1.29 is 9.32 Å². The van der Waals surface area contributed by atoms with Crippen LogP contribution in [-0.4, -0.2) is 61.4 Å². The summed E-state index contributed by atoms with van der Waals surface area (Å²) >= 11 is 6.04. The van der Waals surface area contributed by atoms with Gasteiger partial charge in [-0.05, 0) is 12.1 Å². The Balaban J connectivity index is 1.25. The molecule has 1 saturated heterocycles. The van der Waals surface area contributed by atoms with Crippen LogP contribution in [0.1, 0.15) is 44.6 Å². The number of carbonyl (C=O) groups excluding carboxylic acids is 1. The lowest BCUT2D eigenvalue weighted by atomic mass is 9.96. The Kier molecular flexibility index (Phi) is 5.79. The van der Waals surface area contributed by atoms with Gasteiger partial charge in [-0.25, -0.2) is 4.98 Å². The average Bonchev–Trinajstić information content (AvgIpc) is 3.33. The SMILES string of the molecule is CC(C)(C)c1noc(CCC(=O)N2CCN(Cc3cn4cc(Cl)ccc4n3)CC2)n1. The van der Waals surface area contributed by atoms with Crippen molar-refractivity contribution in [2.45, 2.75) is 45.6 Å². The second-order valence-corrected chi connectivity index (χ2v) is 9.20. The summed E-state index contributed by atoms with van der Waals surface area (Å²) in [7, 11) is 0. The number of nitrogens with zero attached hydrogens (tertiary/aromatic N) is 6. The van der Waals surface area contributed by atoms with Crippen molar-refractivity contribution in [2.24, 2.45) is 0 Å². The highest BCUT2D eigenvalue weighted by Gasteiger charge is 2.24. The zero-order valence-electron chi connectivity index (χ0n) is 17.6. The molecule has 4 rings (SSSR count). The maximum atomic E-state index is 12.6. The van der Waals surface area contributed by atoms with Crippen molar-refractivity contribution in [1.82, 2.24) is 29.3 Å². The molecule has 1 amide bonds. The molecule has 1 fully saturated rings. The molecule has 160 valence electrons. The molecule has 0 atom stereocenters. The van der Waals surface area contributed by atoms with Crippen molar-refractivity contribution >= 4 is 23.2 Å². The van der Waals surface area contributed by atoms with Crippen LogP contribution in [0.4, 0.5) is 0 Å². The third kappa shape index (κ3) is 4.82. The van der Waals surface area contributed by atoms with E-state index in [2.05, 4.69) is 20.0 Å². The molecule has 1 aliphatic heterocycles. The number of imidazole rings is 1. The summed E-state index contributed by atoms with van der Waals surface area (Å²) in [6.45, 7) is 9.96. The number of fused-ring (bicyclic) bond motifs is 1. The van der Waals surface area contributed by atoms with E-state index in [1.54, 1.807) is 0 Å². The summed E-state index contributed by atoms with van der Waals surface area (Å²) in [6.07, 6.45) is 4.73. The maximum Gasteiger partial charge on any atom is 0.227 e. The van der Waals surface area contributed by atoms with Gasteiger partial charge >= 0.3 is 0 Å². The quantitative estimate of drug-likeness (QED) is 0.619. The van der Waals surface area contributed by atoms with E-state index in [0.717, 1.165) is 44.1 Å². The van der Waals surface area contributed by atoms with Crippen molar-refractivity contribution in [3.63, 3.8) is 0 Å². The summed E-state index contributed by atoms with van der Waals surface area (Å²) in [5.74, 6) is 1.33. The number of carbonyl (C=O) groups is 1. The molecule has 0 bridgehead atoms. The first-order chi connectivity index (χ1) is 14.3. The zero-order valence-corrected chi connectivity index (χ0v) is 18.4. The average molecular weight is 431 g/mol. The van der Waals surface area contributed by atoms with Crippen LogP contribution >= 0.6 is 11.6 Å². The van der Waals surface area contributed by atoms with Gasteiger partial charge in [-0.3, -0.25) is 9.69 Å². The molecule has 3 aromatic heterocycles. The summed E-state index contributed by atoms with van der Waals surface area (Å²) in [5.41, 5.74) is 1.73. The van der Waals surface area contributed by atoms with Crippen molar-refractivity contribution in [3.8, 4) is 0 Å². The number of pyridine rings is 1. The monoisotopic (exact) mass is 430 g/mol. The van der Waals surface area contributed by atoms with E-state index >= 15 is 0 Å². The van der Waals surface area contributed by atoms with Crippen LogP contribution in [0.25, 0.3) is 5.65 Å². The number of piperazine rings is 1. The van der Waals surface area contributed by atoms with Crippen LogP contribution in [0, 0.1) is 0 Å². The fourth-order valence-corrected chi connectivity index (χ4v) is 3.68. The van der Waals surface area contributed by atoms with E-state index in [0.29, 0.717) is 29.6 Å². The van der Waals surface area contributed by atoms with Gasteiger partial charge in [-0.1, -0.05) is 37.5 Å². The van der Waals surface area contributed by atoms with Gasteiger partial charge in [0.15, 0.2) is 5.82 Å². The predicted octanol–water partition coefficient (Wildman–Crippen LogP) is 2.95. The van der Waals surface area contributed by atoms with Gasteiger partial charge in [0.05, 0.1) is 10.7 Å². The van der Waals surface area contributed by atoms with Gasteiger partial charge in [0.2, 0.25) is 11.8 Å². The highest BCUT2D eigenvalue weighted by Crippen LogP contribution is 2.19. The predicted molar refractivity (Wildman–Crippen MR) is 113 cm³/mol. The number of hydrogen-bond donors (Lipinski definition) is 0. The van der Waals surface area contributed by atoms with Gasteiger partial charge < -0.3 is 13.8 Å². The second-order valence-electron chi connectivity index (χ2n) is 8.76. The van der Waals surface area contributed by atoms with E-state index < -0.39 is 0 Å². The molecule has 0 N–H and O–H groups in total. The van der Waals surface area contributed by atoms with E-state index in [4.69, 9.17) is 16.1 Å². The van der Waals surface area contributed by atoms with E-state index in [1.165, 1.54) is 0 Å². The van der Waals surface area contributed by atoms with Crippen LogP contribution in [0.3, 0.4) is 0 Å². The third-order valence-corrected chi connectivity index (χ3v) is 5.49. The molecule has 0 saturated carbocycles. The summed E-state index contributed by atoms with van der Waals surface area (Å²) in [5, 5.41) is 4.70. The fraction of sp³-hybridized carbons (Fsp3) is 0.524. The van der Waals surface area contributed by atoms with Gasteiger partial charge in [0, 0.05) is 63.4 Å². The van der Waals surface area contributed by atoms with Crippen LogP contribution in [0.2, 0.25) is 5.02 Å². The molecule has 8 nitrogen and oxygen atoms in total. The molecule has 0 aliphatic carbocycles. The zero-order chi connectivity index (χ0) is 21.3. The first kappa shape index (κ1) is 20.8. The Labute approximate surface area is 180 Å². The Hall–Kier alpha value is -2.45. The topological polar surface area (TPSA) is 79.8 Å². The normalized spacial score (nSPS) is 15.8. The first-order valence-electron chi connectivity index (χ1n) is 10.2. The lowest BCUT2D eigenvalue weighted by molar-refractivity contribution is -0.133. The summed E-state index contributed by atoms with van der Waals surface area (Å²) in [6, 6.07) is 3.76. The minimum absolute atomic E-state index is 0.132. The number of amides is 1. The Morgan fingerprint density at radius 1 is 1.13 bits per heavy atom. The van der Waals surface area contributed by atoms with Crippen LogP contribution < -0.4 is 0 Å². The molecule has 0 unspecified atom stereocenters. The van der Waals surface area contributed by atoms with Gasteiger partial charge in [0.1, 0.15) is 5.65 Å². The van der Waals surface area contributed by atoms with Crippen molar-refractivity contribution in [3.05, 3.63) is 47.0 Å². The van der Waals surface area contributed by atoms with E-state index in [9.17, 15) is 4.79 Å². The molecule has 0 spiro atoms. The van der Waals surface area contributed by atoms with Crippen molar-refractivity contribution in [2.75, 3.05) is 26.2 Å². The molecule has 0 radical (unpaired) electrons. The fourth-order valence-electron chi connectivity index (χ4n) is 3.51. The Morgan fingerprint density at radius 2 is 1.90 bits per heavy atom. The number of rotatable bonds is 5. The van der Waals surface area contributed by atoms with Gasteiger partial charge in [-0.2, -0.15) is 4.98 Å². The largest absolute Gasteiger partial charge is 0.340 e. The molecule has 1 aliphatic rings. The smallest absolute Gasteiger partial charge is 0.227 e. The summed E-state index contributed by atoms with van der Waals surface area (Å²) < 4.78 is 7.23. The van der Waals surface area contributed by atoms with E-state index in [-0.39, 0.29) is 11.3 Å². The minimum atomic E-state index is -0.157. The second kappa shape index (κ2) is 8.35. The number of aryl methyl sites for hydroxylation is 1. The number of halogens is 1. The molecular formula is C21H27ClN6O2. The number of hydrogen-bond acceptors (Lipinski definition) is 6. The number of aromatic nitrogens is 4.